The number of hydrogen-bond acceptors (Lipinski definition) is 3. The summed E-state index contributed by atoms with van der Waals surface area (Å²) in [6, 6.07) is 14.5. The summed E-state index contributed by atoms with van der Waals surface area (Å²) < 4.78 is 27.7. The molecule has 1 aliphatic rings. The van der Waals surface area contributed by atoms with Gasteiger partial charge in [0.25, 0.3) is 0 Å². The van der Waals surface area contributed by atoms with Crippen LogP contribution in [0, 0.1) is 0 Å². The molecule has 4 nitrogen and oxygen atoms in total. The van der Waals surface area contributed by atoms with Gasteiger partial charge < -0.3 is 0 Å². The molecule has 120 valence electrons. The second-order valence-corrected chi connectivity index (χ2v) is 8.18. The van der Waals surface area contributed by atoms with Crippen molar-refractivity contribution < 1.29 is 8.42 Å². The van der Waals surface area contributed by atoms with E-state index in [4.69, 9.17) is 0 Å². The van der Waals surface area contributed by atoms with E-state index in [1.807, 2.05) is 24.3 Å². The van der Waals surface area contributed by atoms with E-state index in [0.717, 1.165) is 22.9 Å². The zero-order valence-corrected chi connectivity index (χ0v) is 14.9. The van der Waals surface area contributed by atoms with Crippen LogP contribution < -0.4 is 0 Å². The second-order valence-electron chi connectivity index (χ2n) is 5.39. The van der Waals surface area contributed by atoms with Gasteiger partial charge in [-0.3, -0.25) is 4.99 Å². The van der Waals surface area contributed by atoms with Crippen LogP contribution >= 0.6 is 15.9 Å². The average molecular weight is 393 g/mol. The summed E-state index contributed by atoms with van der Waals surface area (Å²) >= 11 is 3.47. The number of nitrogens with zero attached hydrogens (tertiary/aromatic N) is 2. The van der Waals surface area contributed by atoms with Crippen molar-refractivity contribution in [1.29, 1.82) is 0 Å². The molecule has 0 amide bonds. The lowest BCUT2D eigenvalue weighted by Crippen LogP contribution is -2.27. The molecule has 0 saturated carbocycles. The van der Waals surface area contributed by atoms with Crippen molar-refractivity contribution in [2.75, 3.05) is 13.1 Å². The largest absolute Gasteiger partial charge is 0.256 e. The highest BCUT2D eigenvalue weighted by Crippen LogP contribution is 2.24. The van der Waals surface area contributed by atoms with E-state index < -0.39 is 10.0 Å². The summed E-state index contributed by atoms with van der Waals surface area (Å²) in [5.74, 6) is 0. The van der Waals surface area contributed by atoms with Crippen molar-refractivity contribution >= 4 is 37.9 Å². The molecule has 2 aromatic rings. The van der Waals surface area contributed by atoms with E-state index >= 15 is 0 Å². The third-order valence-corrected chi connectivity index (χ3v) is 6.40. The molecule has 0 bridgehead atoms. The Bertz CT molecular complexity index is 828. The van der Waals surface area contributed by atoms with Gasteiger partial charge in [-0.15, -0.1) is 0 Å². The maximum atomic E-state index is 12.6. The topological polar surface area (TPSA) is 49.7 Å². The molecular weight excluding hydrogens is 376 g/mol. The number of benzene rings is 2. The number of sulfonamides is 1. The van der Waals surface area contributed by atoms with Crippen LogP contribution in [0.15, 0.2) is 62.9 Å². The van der Waals surface area contributed by atoms with Gasteiger partial charge in [0.15, 0.2) is 0 Å². The van der Waals surface area contributed by atoms with Crippen molar-refractivity contribution in [1.82, 2.24) is 4.31 Å². The molecule has 0 unspecified atom stereocenters. The van der Waals surface area contributed by atoms with Gasteiger partial charge in [-0.05, 0) is 37.1 Å². The van der Waals surface area contributed by atoms with Crippen molar-refractivity contribution in [3.63, 3.8) is 0 Å². The summed E-state index contributed by atoms with van der Waals surface area (Å²) in [5, 5.41) is 0. The van der Waals surface area contributed by atoms with E-state index in [-0.39, 0.29) is 0 Å². The lowest BCUT2D eigenvalue weighted by molar-refractivity contribution is 0.477. The fraction of sp³-hybridized carbons (Fsp3) is 0.235. The standard InChI is InChI=1S/C17H17BrN2O2S/c18-17-9-2-1-6-14(17)13-19-15-7-5-8-16(12-15)23(21,22)20-10-3-4-11-20/h1-2,5-9,12-13H,3-4,10-11H2. The Hall–Kier alpha value is -1.50. The van der Waals surface area contributed by atoms with E-state index in [9.17, 15) is 8.42 Å². The van der Waals surface area contributed by atoms with E-state index in [2.05, 4.69) is 20.9 Å². The van der Waals surface area contributed by atoms with Crippen molar-refractivity contribution in [2.24, 2.45) is 4.99 Å². The molecule has 6 heteroatoms. The Kier molecular flexibility index (Phi) is 4.94. The van der Waals surface area contributed by atoms with E-state index in [1.165, 1.54) is 0 Å². The first-order valence-electron chi connectivity index (χ1n) is 7.46. The molecule has 0 aliphatic carbocycles. The molecule has 1 fully saturated rings. The Balaban J connectivity index is 1.87. The van der Waals surface area contributed by atoms with Gasteiger partial charge in [-0.2, -0.15) is 4.31 Å². The highest BCUT2D eigenvalue weighted by Gasteiger charge is 2.27. The van der Waals surface area contributed by atoms with E-state index in [0.29, 0.717) is 23.7 Å². The molecule has 0 radical (unpaired) electrons. The fourth-order valence-corrected chi connectivity index (χ4v) is 4.47. The van der Waals surface area contributed by atoms with Gasteiger partial charge in [-0.1, -0.05) is 40.2 Å². The first-order chi connectivity index (χ1) is 11.1. The number of aliphatic imine (C=N–C) groups is 1. The van der Waals surface area contributed by atoms with Crippen LogP contribution in [0.1, 0.15) is 18.4 Å². The Morgan fingerprint density at radius 3 is 2.52 bits per heavy atom. The predicted octanol–water partition coefficient (Wildman–Crippen LogP) is 3.98. The molecular formula is C17H17BrN2O2S. The highest BCUT2D eigenvalue weighted by molar-refractivity contribution is 9.10. The first-order valence-corrected chi connectivity index (χ1v) is 9.69. The van der Waals surface area contributed by atoms with Crippen LogP contribution in [-0.4, -0.2) is 32.0 Å². The maximum Gasteiger partial charge on any atom is 0.243 e. The fourth-order valence-electron chi connectivity index (χ4n) is 2.53. The van der Waals surface area contributed by atoms with Crippen molar-refractivity contribution in [3.8, 4) is 0 Å². The smallest absolute Gasteiger partial charge is 0.243 e. The summed E-state index contributed by atoms with van der Waals surface area (Å²) in [6.07, 6.45) is 3.59. The first kappa shape index (κ1) is 16.4. The Labute approximate surface area is 145 Å². The lowest BCUT2D eigenvalue weighted by atomic mass is 10.2. The zero-order chi connectivity index (χ0) is 16.3. The number of rotatable bonds is 4. The number of hydrogen-bond donors (Lipinski definition) is 0. The Morgan fingerprint density at radius 1 is 1.04 bits per heavy atom. The summed E-state index contributed by atoms with van der Waals surface area (Å²) in [4.78, 5) is 4.71. The van der Waals surface area contributed by atoms with Gasteiger partial charge in [-0.25, -0.2) is 8.42 Å². The molecule has 3 rings (SSSR count). The normalized spacial score (nSPS) is 16.2. The minimum absolute atomic E-state index is 0.307. The maximum absolute atomic E-state index is 12.6. The van der Waals surface area contributed by atoms with Gasteiger partial charge in [0.2, 0.25) is 10.0 Å². The third-order valence-electron chi connectivity index (χ3n) is 3.78. The van der Waals surface area contributed by atoms with Gasteiger partial charge in [0.1, 0.15) is 0 Å². The quantitative estimate of drug-likeness (QED) is 0.738. The van der Waals surface area contributed by atoms with Crippen LogP contribution in [-0.2, 0) is 10.0 Å². The highest BCUT2D eigenvalue weighted by atomic mass is 79.9. The van der Waals surface area contributed by atoms with Crippen molar-refractivity contribution in [2.45, 2.75) is 17.7 Å². The van der Waals surface area contributed by atoms with Crippen LogP contribution in [0.2, 0.25) is 0 Å². The monoisotopic (exact) mass is 392 g/mol. The van der Waals surface area contributed by atoms with Crippen molar-refractivity contribution in [3.05, 3.63) is 58.6 Å². The summed E-state index contributed by atoms with van der Waals surface area (Å²) in [5.41, 5.74) is 1.57. The van der Waals surface area contributed by atoms with Gasteiger partial charge in [0, 0.05) is 29.3 Å². The lowest BCUT2D eigenvalue weighted by Gasteiger charge is -2.15. The van der Waals surface area contributed by atoms with Crippen LogP contribution in [0.25, 0.3) is 0 Å². The molecule has 1 saturated heterocycles. The molecule has 1 aliphatic heterocycles. The second kappa shape index (κ2) is 6.95. The molecule has 0 aromatic heterocycles. The molecule has 0 spiro atoms. The average Bonchev–Trinajstić information content (AvgIpc) is 3.10. The number of halogens is 1. The minimum Gasteiger partial charge on any atom is -0.256 e. The van der Waals surface area contributed by atoms with Crippen LogP contribution in [0.4, 0.5) is 5.69 Å². The molecule has 0 N–H and O–H groups in total. The third kappa shape index (κ3) is 3.71. The minimum atomic E-state index is -3.40. The van der Waals surface area contributed by atoms with Crippen LogP contribution in [0.5, 0.6) is 0 Å². The zero-order valence-electron chi connectivity index (χ0n) is 12.5. The molecule has 23 heavy (non-hydrogen) atoms. The summed E-state index contributed by atoms with van der Waals surface area (Å²) in [7, 11) is -3.40. The Morgan fingerprint density at radius 2 is 1.78 bits per heavy atom. The SMILES string of the molecule is O=S(=O)(c1cccc(N=Cc2ccccc2Br)c1)N1CCCC1. The van der Waals surface area contributed by atoms with Gasteiger partial charge in [0.05, 0.1) is 10.6 Å². The van der Waals surface area contributed by atoms with Crippen LogP contribution in [0.3, 0.4) is 0 Å². The summed E-state index contributed by atoms with van der Waals surface area (Å²) in [6.45, 7) is 1.21. The molecule has 1 heterocycles. The molecule has 2 aromatic carbocycles. The molecule has 0 atom stereocenters. The van der Waals surface area contributed by atoms with Gasteiger partial charge >= 0.3 is 0 Å². The predicted molar refractivity (Wildman–Crippen MR) is 95.8 cm³/mol. The van der Waals surface area contributed by atoms with E-state index in [1.54, 1.807) is 34.8 Å².